The van der Waals surface area contributed by atoms with Crippen LogP contribution >= 0.6 is 0 Å². The fraction of sp³-hybridized carbons (Fsp3) is 0.250. The van der Waals surface area contributed by atoms with Crippen LogP contribution in [0.1, 0.15) is 13.8 Å². The monoisotopic (exact) mass is 134 g/mol. The van der Waals surface area contributed by atoms with Gasteiger partial charge in [-0.1, -0.05) is 11.6 Å². The van der Waals surface area contributed by atoms with Crippen LogP contribution in [0.4, 0.5) is 0 Å². The van der Waals surface area contributed by atoms with Gasteiger partial charge in [0.15, 0.2) is 0 Å². The van der Waals surface area contributed by atoms with Crippen LogP contribution in [-0.2, 0) is 0 Å². The first-order valence-electron chi connectivity index (χ1n) is 2.96. The highest BCUT2D eigenvalue weighted by Gasteiger charge is 1.86. The van der Waals surface area contributed by atoms with E-state index in [4.69, 9.17) is 5.26 Å². The Hall–Kier alpha value is -1.36. The predicted octanol–water partition coefficient (Wildman–Crippen LogP) is 2.06. The largest absolute Gasteiger partial charge is 0.253 e. The molecule has 52 valence electrons. The number of hydrogen-bond acceptors (Lipinski definition) is 2. The van der Waals surface area contributed by atoms with Gasteiger partial charge in [0.25, 0.3) is 0 Å². The summed E-state index contributed by atoms with van der Waals surface area (Å²) in [6, 6.07) is 1.91. The van der Waals surface area contributed by atoms with Crippen LogP contribution in [-0.4, -0.2) is 6.72 Å². The number of nitrogens with zero attached hydrogens (tertiary/aromatic N) is 2. The molecule has 2 nitrogen and oxygen atoms in total. The first-order valence-corrected chi connectivity index (χ1v) is 2.96. The predicted molar refractivity (Wildman–Crippen MR) is 42.7 cm³/mol. The number of nitriles is 1. The summed E-state index contributed by atoms with van der Waals surface area (Å²) in [4.78, 5) is 3.50. The number of hydrogen-bond donors (Lipinski definition) is 0. The topological polar surface area (TPSA) is 36.1 Å². The fourth-order valence-electron chi connectivity index (χ4n) is 0.412. The van der Waals surface area contributed by atoms with Crippen molar-refractivity contribution in [1.29, 1.82) is 5.26 Å². The van der Waals surface area contributed by atoms with Crippen LogP contribution < -0.4 is 0 Å². The van der Waals surface area contributed by atoms with E-state index in [2.05, 4.69) is 11.7 Å². The molecule has 0 unspecified atom stereocenters. The highest BCUT2D eigenvalue weighted by molar-refractivity contribution is 5.37. The zero-order valence-corrected chi connectivity index (χ0v) is 6.26. The third-order valence-corrected chi connectivity index (χ3v) is 1.10. The molecule has 0 saturated carbocycles. The molecule has 0 aliphatic heterocycles. The van der Waals surface area contributed by atoms with Gasteiger partial charge in [0, 0.05) is 0 Å². The standard InChI is InChI=1S/C8H10N2/c1-4-7(2)5-8(6-9)10-3/h4-5H,3H2,1-2H3/b7-4-,8-5-. The minimum Gasteiger partial charge on any atom is -0.253 e. The molecule has 0 aliphatic rings. The van der Waals surface area contributed by atoms with Crippen molar-refractivity contribution in [3.8, 4) is 6.07 Å². The SMILES string of the molecule is C=N/C(C#N)=C\C(C)=C/C. The molecule has 0 aromatic heterocycles. The minimum absolute atomic E-state index is 0.357. The van der Waals surface area contributed by atoms with Crippen molar-refractivity contribution in [3.63, 3.8) is 0 Å². The van der Waals surface area contributed by atoms with Crippen molar-refractivity contribution in [1.82, 2.24) is 0 Å². The van der Waals surface area contributed by atoms with Gasteiger partial charge in [-0.25, -0.2) is 0 Å². The summed E-state index contributed by atoms with van der Waals surface area (Å²) in [5, 5.41) is 8.39. The van der Waals surface area contributed by atoms with E-state index in [1.807, 2.05) is 26.0 Å². The Morgan fingerprint density at radius 2 is 2.30 bits per heavy atom. The zero-order chi connectivity index (χ0) is 7.98. The molecule has 0 amide bonds. The van der Waals surface area contributed by atoms with Crippen molar-refractivity contribution in [2.45, 2.75) is 13.8 Å². The molecule has 0 aliphatic carbocycles. The highest BCUT2D eigenvalue weighted by atomic mass is 14.7. The van der Waals surface area contributed by atoms with Crippen molar-refractivity contribution in [2.24, 2.45) is 4.99 Å². The van der Waals surface area contributed by atoms with Gasteiger partial charge in [-0.2, -0.15) is 5.26 Å². The molecule has 0 aromatic carbocycles. The molecule has 0 rings (SSSR count). The number of aliphatic imine (C=N–C) groups is 1. The van der Waals surface area contributed by atoms with Gasteiger partial charge in [-0.3, -0.25) is 4.99 Å². The van der Waals surface area contributed by atoms with Crippen molar-refractivity contribution in [2.75, 3.05) is 0 Å². The summed E-state index contributed by atoms with van der Waals surface area (Å²) in [5.74, 6) is 0. The average molecular weight is 134 g/mol. The van der Waals surface area contributed by atoms with Gasteiger partial charge < -0.3 is 0 Å². The van der Waals surface area contributed by atoms with E-state index in [-0.39, 0.29) is 0 Å². The smallest absolute Gasteiger partial charge is 0.139 e. The van der Waals surface area contributed by atoms with E-state index in [0.717, 1.165) is 5.57 Å². The van der Waals surface area contributed by atoms with Crippen molar-refractivity contribution in [3.05, 3.63) is 23.4 Å². The van der Waals surface area contributed by atoms with Crippen molar-refractivity contribution < 1.29 is 0 Å². The van der Waals surface area contributed by atoms with Gasteiger partial charge in [0.1, 0.15) is 11.8 Å². The highest BCUT2D eigenvalue weighted by Crippen LogP contribution is 2.00. The van der Waals surface area contributed by atoms with E-state index in [1.165, 1.54) is 0 Å². The number of rotatable bonds is 2. The van der Waals surface area contributed by atoms with E-state index in [0.29, 0.717) is 5.70 Å². The molecular formula is C8H10N2. The maximum atomic E-state index is 8.39. The number of allylic oxidation sites excluding steroid dienone is 4. The molecule has 0 bridgehead atoms. The Labute approximate surface area is 61.2 Å². The van der Waals surface area contributed by atoms with Gasteiger partial charge in [0.2, 0.25) is 0 Å². The third kappa shape index (κ3) is 2.83. The van der Waals surface area contributed by atoms with E-state index in [9.17, 15) is 0 Å². The summed E-state index contributed by atoms with van der Waals surface area (Å²) in [5.41, 5.74) is 1.37. The first-order chi connectivity index (χ1) is 4.74. The normalized spacial score (nSPS) is 12.5. The van der Waals surface area contributed by atoms with Crippen molar-refractivity contribution >= 4 is 6.72 Å². The maximum Gasteiger partial charge on any atom is 0.139 e. The molecular weight excluding hydrogens is 124 g/mol. The van der Waals surface area contributed by atoms with Crippen LogP contribution in [0.15, 0.2) is 28.4 Å². The Morgan fingerprint density at radius 3 is 2.60 bits per heavy atom. The second kappa shape index (κ2) is 4.51. The van der Waals surface area contributed by atoms with Gasteiger partial charge in [0.05, 0.1) is 0 Å². The summed E-state index contributed by atoms with van der Waals surface area (Å²) < 4.78 is 0. The molecule has 0 atom stereocenters. The molecule has 0 fully saturated rings. The molecule has 2 heteroatoms. The van der Waals surface area contributed by atoms with E-state index >= 15 is 0 Å². The summed E-state index contributed by atoms with van der Waals surface area (Å²) in [7, 11) is 0. The maximum absolute atomic E-state index is 8.39. The molecule has 0 heterocycles. The zero-order valence-electron chi connectivity index (χ0n) is 6.26. The van der Waals surface area contributed by atoms with Gasteiger partial charge >= 0.3 is 0 Å². The second-order valence-electron chi connectivity index (χ2n) is 1.83. The van der Waals surface area contributed by atoms with Gasteiger partial charge in [-0.05, 0) is 26.6 Å². The molecule has 0 aromatic rings. The lowest BCUT2D eigenvalue weighted by molar-refractivity contribution is 1.36. The fourth-order valence-corrected chi connectivity index (χ4v) is 0.412. The summed E-state index contributed by atoms with van der Waals surface area (Å²) >= 11 is 0. The third-order valence-electron chi connectivity index (χ3n) is 1.10. The summed E-state index contributed by atoms with van der Waals surface area (Å²) in [6.07, 6.45) is 3.59. The minimum atomic E-state index is 0.357. The van der Waals surface area contributed by atoms with Gasteiger partial charge in [-0.15, -0.1) is 0 Å². The molecule has 0 radical (unpaired) electrons. The molecule has 0 spiro atoms. The summed E-state index contributed by atoms with van der Waals surface area (Å²) in [6.45, 7) is 7.06. The average Bonchev–Trinajstić information content (AvgIpc) is 1.99. The Kier molecular flexibility index (Phi) is 3.90. The Morgan fingerprint density at radius 1 is 1.70 bits per heavy atom. The molecule has 0 saturated heterocycles. The lowest BCUT2D eigenvalue weighted by Gasteiger charge is -1.87. The quantitative estimate of drug-likeness (QED) is 0.323. The van der Waals surface area contributed by atoms with Crippen LogP contribution in [0, 0.1) is 11.3 Å². The second-order valence-corrected chi connectivity index (χ2v) is 1.83. The van der Waals surface area contributed by atoms with Crippen LogP contribution in [0.3, 0.4) is 0 Å². The van der Waals surface area contributed by atoms with Crippen LogP contribution in [0.25, 0.3) is 0 Å². The Balaban J connectivity index is 4.44. The molecule has 0 N–H and O–H groups in total. The molecule has 10 heavy (non-hydrogen) atoms. The van der Waals surface area contributed by atoms with Crippen LogP contribution in [0.5, 0.6) is 0 Å². The first kappa shape index (κ1) is 8.64. The van der Waals surface area contributed by atoms with E-state index < -0.39 is 0 Å². The van der Waals surface area contributed by atoms with E-state index in [1.54, 1.807) is 6.08 Å². The van der Waals surface area contributed by atoms with Crippen LogP contribution in [0.2, 0.25) is 0 Å². The lowest BCUT2D eigenvalue weighted by atomic mass is 10.2. The Bertz CT molecular complexity index is 216. The lowest BCUT2D eigenvalue weighted by Crippen LogP contribution is -1.72.